The number of nitriles is 1. The van der Waals surface area contributed by atoms with Gasteiger partial charge < -0.3 is 5.32 Å². The number of carbonyl (C=O) groups is 1. The minimum absolute atomic E-state index is 0.0911. The molecule has 0 aromatic heterocycles. The number of amides is 1. The first-order chi connectivity index (χ1) is 12.8. The lowest BCUT2D eigenvalue weighted by molar-refractivity contribution is -0.117. The van der Waals surface area contributed by atoms with E-state index < -0.39 is 0 Å². The first kappa shape index (κ1) is 17.2. The van der Waals surface area contributed by atoms with Gasteiger partial charge in [0.1, 0.15) is 11.6 Å². The van der Waals surface area contributed by atoms with Crippen LogP contribution < -0.4 is 5.32 Å². The standard InChI is InChI=1S/C23H18N2O/c24-16-22(23(26)25-17-19-7-3-1-4-8-19)15-18-11-13-21(14-12-18)20-9-5-2-6-10-20/h1-15H,17H2,(H,25,26)/b22-15+. The predicted molar refractivity (Wildman–Crippen MR) is 104 cm³/mol. The molecule has 1 amide bonds. The van der Waals surface area contributed by atoms with Crippen LogP contribution in [0.4, 0.5) is 0 Å². The molecule has 1 N–H and O–H groups in total. The van der Waals surface area contributed by atoms with Crippen LogP contribution in [0.25, 0.3) is 17.2 Å². The van der Waals surface area contributed by atoms with E-state index in [1.165, 1.54) is 0 Å². The molecule has 0 spiro atoms. The van der Waals surface area contributed by atoms with Gasteiger partial charge in [0.25, 0.3) is 5.91 Å². The Bertz CT molecular complexity index is 937. The van der Waals surface area contributed by atoms with Crippen molar-refractivity contribution in [1.82, 2.24) is 5.32 Å². The zero-order valence-electron chi connectivity index (χ0n) is 14.2. The normalized spacial score (nSPS) is 10.8. The van der Waals surface area contributed by atoms with E-state index in [0.29, 0.717) is 6.54 Å². The van der Waals surface area contributed by atoms with Gasteiger partial charge in [-0.25, -0.2) is 0 Å². The first-order valence-corrected chi connectivity index (χ1v) is 8.35. The Morgan fingerprint density at radius 3 is 2.04 bits per heavy atom. The molecule has 0 radical (unpaired) electrons. The van der Waals surface area contributed by atoms with Gasteiger partial charge in [0.05, 0.1) is 0 Å². The molecule has 0 unspecified atom stereocenters. The molecular formula is C23H18N2O. The first-order valence-electron chi connectivity index (χ1n) is 8.35. The summed E-state index contributed by atoms with van der Waals surface area (Å²) in [6.45, 7) is 0.394. The number of nitrogens with zero attached hydrogens (tertiary/aromatic N) is 1. The monoisotopic (exact) mass is 338 g/mol. The summed E-state index contributed by atoms with van der Waals surface area (Å²) < 4.78 is 0. The molecule has 3 rings (SSSR count). The molecule has 0 saturated carbocycles. The maximum Gasteiger partial charge on any atom is 0.262 e. The minimum atomic E-state index is -0.372. The number of nitrogens with one attached hydrogen (secondary N) is 1. The third-order valence-corrected chi connectivity index (χ3v) is 3.99. The Morgan fingerprint density at radius 1 is 0.846 bits per heavy atom. The maximum atomic E-state index is 12.2. The van der Waals surface area contributed by atoms with Crippen LogP contribution in [0, 0.1) is 11.3 Å². The van der Waals surface area contributed by atoms with Gasteiger partial charge in [-0.3, -0.25) is 4.79 Å². The number of rotatable bonds is 5. The molecule has 0 aliphatic carbocycles. The van der Waals surface area contributed by atoms with Crippen LogP contribution in [-0.4, -0.2) is 5.91 Å². The number of benzene rings is 3. The molecule has 26 heavy (non-hydrogen) atoms. The summed E-state index contributed by atoms with van der Waals surface area (Å²) in [4.78, 5) is 12.2. The third-order valence-electron chi connectivity index (χ3n) is 3.99. The molecule has 0 bridgehead atoms. The van der Waals surface area contributed by atoms with Crippen molar-refractivity contribution >= 4 is 12.0 Å². The van der Waals surface area contributed by atoms with E-state index in [1.807, 2.05) is 91.0 Å². The van der Waals surface area contributed by atoms with Gasteiger partial charge in [0.15, 0.2) is 0 Å². The van der Waals surface area contributed by atoms with Crippen molar-refractivity contribution in [2.75, 3.05) is 0 Å². The summed E-state index contributed by atoms with van der Waals surface area (Å²) in [7, 11) is 0. The SMILES string of the molecule is N#C/C(=C\c1ccc(-c2ccccc2)cc1)C(=O)NCc1ccccc1. The molecule has 0 saturated heterocycles. The largest absolute Gasteiger partial charge is 0.347 e. The summed E-state index contributed by atoms with van der Waals surface area (Å²) in [5, 5.41) is 12.1. The lowest BCUT2D eigenvalue weighted by Gasteiger charge is -2.05. The molecular weight excluding hydrogens is 320 g/mol. The van der Waals surface area contributed by atoms with Crippen LogP contribution in [0.5, 0.6) is 0 Å². The van der Waals surface area contributed by atoms with Crippen molar-refractivity contribution in [1.29, 1.82) is 5.26 Å². The second-order valence-electron chi connectivity index (χ2n) is 5.83. The smallest absolute Gasteiger partial charge is 0.262 e. The Labute approximate surface area is 153 Å². The zero-order valence-corrected chi connectivity index (χ0v) is 14.2. The Morgan fingerprint density at radius 2 is 1.42 bits per heavy atom. The highest BCUT2D eigenvalue weighted by Gasteiger charge is 2.08. The van der Waals surface area contributed by atoms with Gasteiger partial charge >= 0.3 is 0 Å². The van der Waals surface area contributed by atoms with Crippen molar-refractivity contribution in [2.24, 2.45) is 0 Å². The highest BCUT2D eigenvalue weighted by atomic mass is 16.1. The van der Waals surface area contributed by atoms with E-state index in [9.17, 15) is 10.1 Å². The van der Waals surface area contributed by atoms with Crippen molar-refractivity contribution < 1.29 is 4.79 Å². The summed E-state index contributed by atoms with van der Waals surface area (Å²) in [5.74, 6) is -0.372. The molecule has 3 nitrogen and oxygen atoms in total. The van der Waals surface area contributed by atoms with Gasteiger partial charge in [0.2, 0.25) is 0 Å². The van der Waals surface area contributed by atoms with E-state index in [0.717, 1.165) is 22.3 Å². The van der Waals surface area contributed by atoms with Gasteiger partial charge in [-0.05, 0) is 28.3 Å². The molecule has 0 atom stereocenters. The average molecular weight is 338 g/mol. The molecule has 3 heteroatoms. The molecule has 0 aliphatic rings. The van der Waals surface area contributed by atoms with Crippen LogP contribution in [0.3, 0.4) is 0 Å². The number of carbonyl (C=O) groups excluding carboxylic acids is 1. The second-order valence-corrected chi connectivity index (χ2v) is 5.83. The topological polar surface area (TPSA) is 52.9 Å². The van der Waals surface area contributed by atoms with Crippen LogP contribution in [-0.2, 0) is 11.3 Å². The van der Waals surface area contributed by atoms with E-state index in [2.05, 4.69) is 5.32 Å². The molecule has 0 aliphatic heterocycles. The minimum Gasteiger partial charge on any atom is -0.347 e. The van der Waals surface area contributed by atoms with Crippen LogP contribution in [0.15, 0.2) is 90.5 Å². The second kappa shape index (κ2) is 8.46. The quantitative estimate of drug-likeness (QED) is 0.547. The van der Waals surface area contributed by atoms with Crippen LogP contribution in [0.1, 0.15) is 11.1 Å². The molecule has 0 fully saturated rings. The molecule has 3 aromatic carbocycles. The average Bonchev–Trinajstić information content (AvgIpc) is 2.72. The van der Waals surface area contributed by atoms with Crippen LogP contribution >= 0.6 is 0 Å². The summed E-state index contributed by atoms with van der Waals surface area (Å²) in [6, 6.07) is 29.4. The lowest BCUT2D eigenvalue weighted by Crippen LogP contribution is -2.23. The molecule has 0 heterocycles. The highest BCUT2D eigenvalue weighted by Crippen LogP contribution is 2.20. The fourth-order valence-corrected chi connectivity index (χ4v) is 2.59. The van der Waals surface area contributed by atoms with Gasteiger partial charge in [-0.1, -0.05) is 84.9 Å². The van der Waals surface area contributed by atoms with Crippen molar-refractivity contribution in [2.45, 2.75) is 6.54 Å². The maximum absolute atomic E-state index is 12.2. The molecule has 126 valence electrons. The summed E-state index contributed by atoms with van der Waals surface area (Å²) >= 11 is 0. The fourth-order valence-electron chi connectivity index (χ4n) is 2.59. The Hall–Kier alpha value is -3.64. The van der Waals surface area contributed by atoms with E-state index in [4.69, 9.17) is 0 Å². The van der Waals surface area contributed by atoms with Crippen molar-refractivity contribution in [3.63, 3.8) is 0 Å². The van der Waals surface area contributed by atoms with E-state index in [1.54, 1.807) is 6.08 Å². The lowest BCUT2D eigenvalue weighted by atomic mass is 10.0. The predicted octanol–water partition coefficient (Wildman–Crippen LogP) is 4.58. The van der Waals surface area contributed by atoms with Gasteiger partial charge in [-0.15, -0.1) is 0 Å². The van der Waals surface area contributed by atoms with Crippen molar-refractivity contribution in [3.05, 3.63) is 102 Å². The fraction of sp³-hybridized carbons (Fsp3) is 0.0435. The third kappa shape index (κ3) is 4.46. The van der Waals surface area contributed by atoms with Gasteiger partial charge in [-0.2, -0.15) is 5.26 Å². The Balaban J connectivity index is 1.70. The summed E-state index contributed by atoms with van der Waals surface area (Å²) in [5.41, 5.74) is 4.12. The van der Waals surface area contributed by atoms with Crippen LogP contribution in [0.2, 0.25) is 0 Å². The Kier molecular flexibility index (Phi) is 5.59. The van der Waals surface area contributed by atoms with Gasteiger partial charge in [0, 0.05) is 6.54 Å². The zero-order chi connectivity index (χ0) is 18.2. The highest BCUT2D eigenvalue weighted by molar-refractivity contribution is 6.01. The van der Waals surface area contributed by atoms with E-state index >= 15 is 0 Å². The summed E-state index contributed by atoms with van der Waals surface area (Å²) in [6.07, 6.45) is 1.61. The number of hydrogen-bond acceptors (Lipinski definition) is 2. The van der Waals surface area contributed by atoms with Crippen molar-refractivity contribution in [3.8, 4) is 17.2 Å². The van der Waals surface area contributed by atoms with E-state index in [-0.39, 0.29) is 11.5 Å². The molecule has 3 aromatic rings. The number of hydrogen-bond donors (Lipinski definition) is 1.